The molecule has 2 rings (SSSR count). The van der Waals surface area contributed by atoms with Gasteiger partial charge >= 0.3 is 0 Å². The standard InChI is InChI=1S/C20H29N3O5/c1-2-3-10-21-20(26)17(7-9-19(25)23-11-14-27-15-12-23)22-18(24)8-6-16-5-4-13-28-16/h4-6,8,13,17H,2-3,7,9-12,14-15H2,1H3,(H,21,26)(H,22,24)/b8-6+. The first-order valence-corrected chi connectivity index (χ1v) is 9.75. The van der Waals surface area contributed by atoms with E-state index >= 15 is 0 Å². The summed E-state index contributed by atoms with van der Waals surface area (Å²) in [5, 5.41) is 5.51. The van der Waals surface area contributed by atoms with Crippen molar-refractivity contribution in [3.05, 3.63) is 30.2 Å². The molecule has 1 atom stereocenters. The average Bonchev–Trinajstić information content (AvgIpc) is 3.23. The quantitative estimate of drug-likeness (QED) is 0.463. The Kier molecular flexibility index (Phi) is 9.27. The molecule has 1 aliphatic rings. The molecular formula is C20H29N3O5. The van der Waals surface area contributed by atoms with Crippen molar-refractivity contribution in [3.8, 4) is 0 Å². The van der Waals surface area contributed by atoms with Gasteiger partial charge in [0.2, 0.25) is 17.7 Å². The van der Waals surface area contributed by atoms with Crippen LogP contribution in [-0.4, -0.2) is 61.5 Å². The van der Waals surface area contributed by atoms with Gasteiger partial charge in [0.15, 0.2) is 0 Å². The maximum absolute atomic E-state index is 12.5. The van der Waals surface area contributed by atoms with Crippen molar-refractivity contribution < 1.29 is 23.5 Å². The molecule has 28 heavy (non-hydrogen) atoms. The SMILES string of the molecule is CCCCNC(=O)C(CCC(=O)N1CCOCC1)NC(=O)/C=C/c1ccco1. The molecule has 1 unspecified atom stereocenters. The predicted octanol–water partition coefficient (Wildman–Crippen LogP) is 1.33. The second kappa shape index (κ2) is 12.0. The van der Waals surface area contributed by atoms with Crippen LogP contribution in [0.5, 0.6) is 0 Å². The van der Waals surface area contributed by atoms with E-state index in [0.29, 0.717) is 38.6 Å². The number of rotatable bonds is 10. The first-order valence-electron chi connectivity index (χ1n) is 9.75. The summed E-state index contributed by atoms with van der Waals surface area (Å²) in [7, 11) is 0. The van der Waals surface area contributed by atoms with Gasteiger partial charge < -0.3 is 24.7 Å². The third kappa shape index (κ3) is 7.56. The lowest BCUT2D eigenvalue weighted by Gasteiger charge is -2.27. The molecule has 0 aliphatic carbocycles. The molecule has 154 valence electrons. The molecule has 1 fully saturated rings. The van der Waals surface area contributed by atoms with E-state index in [0.717, 1.165) is 12.8 Å². The van der Waals surface area contributed by atoms with E-state index in [9.17, 15) is 14.4 Å². The van der Waals surface area contributed by atoms with Crippen LogP contribution in [0.3, 0.4) is 0 Å². The van der Waals surface area contributed by atoms with Crippen LogP contribution in [0.15, 0.2) is 28.9 Å². The summed E-state index contributed by atoms with van der Waals surface area (Å²) in [5.74, 6) is -0.175. The Morgan fingerprint density at radius 3 is 2.75 bits per heavy atom. The van der Waals surface area contributed by atoms with Gasteiger partial charge in [-0.1, -0.05) is 13.3 Å². The van der Waals surface area contributed by atoms with Gasteiger partial charge in [0.25, 0.3) is 0 Å². The Balaban J connectivity index is 1.90. The zero-order valence-corrected chi connectivity index (χ0v) is 16.3. The topological polar surface area (TPSA) is 101 Å². The number of amides is 3. The summed E-state index contributed by atoms with van der Waals surface area (Å²) < 4.78 is 10.4. The summed E-state index contributed by atoms with van der Waals surface area (Å²) in [6.45, 7) is 4.75. The molecular weight excluding hydrogens is 362 g/mol. The predicted molar refractivity (Wildman–Crippen MR) is 104 cm³/mol. The fraction of sp³-hybridized carbons (Fsp3) is 0.550. The minimum atomic E-state index is -0.768. The highest BCUT2D eigenvalue weighted by Gasteiger charge is 2.23. The van der Waals surface area contributed by atoms with Gasteiger partial charge in [0, 0.05) is 32.1 Å². The van der Waals surface area contributed by atoms with Crippen LogP contribution in [0.4, 0.5) is 0 Å². The van der Waals surface area contributed by atoms with E-state index in [-0.39, 0.29) is 24.7 Å². The lowest BCUT2D eigenvalue weighted by Crippen LogP contribution is -2.47. The lowest BCUT2D eigenvalue weighted by atomic mass is 10.1. The number of nitrogens with one attached hydrogen (secondary N) is 2. The Labute approximate surface area is 165 Å². The van der Waals surface area contributed by atoms with Crippen LogP contribution in [0.2, 0.25) is 0 Å². The van der Waals surface area contributed by atoms with Gasteiger partial charge in [0.1, 0.15) is 11.8 Å². The third-order valence-corrected chi connectivity index (χ3v) is 4.42. The van der Waals surface area contributed by atoms with Crippen molar-refractivity contribution in [3.63, 3.8) is 0 Å². The molecule has 0 spiro atoms. The molecule has 8 nitrogen and oxygen atoms in total. The smallest absolute Gasteiger partial charge is 0.244 e. The molecule has 0 bridgehead atoms. The zero-order chi connectivity index (χ0) is 20.2. The third-order valence-electron chi connectivity index (χ3n) is 4.42. The molecule has 1 aromatic heterocycles. The maximum atomic E-state index is 12.5. The number of hydrogen-bond donors (Lipinski definition) is 2. The summed E-state index contributed by atoms with van der Waals surface area (Å²) in [5.41, 5.74) is 0. The fourth-order valence-corrected chi connectivity index (χ4v) is 2.78. The van der Waals surface area contributed by atoms with Crippen LogP contribution in [-0.2, 0) is 19.1 Å². The maximum Gasteiger partial charge on any atom is 0.244 e. The Bertz CT molecular complexity index is 651. The van der Waals surface area contributed by atoms with Gasteiger partial charge in [-0.15, -0.1) is 0 Å². The minimum Gasteiger partial charge on any atom is -0.465 e. The highest BCUT2D eigenvalue weighted by Crippen LogP contribution is 2.06. The van der Waals surface area contributed by atoms with Crippen molar-refractivity contribution in [2.75, 3.05) is 32.8 Å². The molecule has 8 heteroatoms. The van der Waals surface area contributed by atoms with Crippen LogP contribution >= 0.6 is 0 Å². The van der Waals surface area contributed by atoms with Crippen molar-refractivity contribution in [2.45, 2.75) is 38.6 Å². The number of hydrogen-bond acceptors (Lipinski definition) is 5. The highest BCUT2D eigenvalue weighted by atomic mass is 16.5. The number of furan rings is 1. The molecule has 3 amide bonds. The highest BCUT2D eigenvalue weighted by molar-refractivity contribution is 5.95. The molecule has 2 heterocycles. The van der Waals surface area contributed by atoms with E-state index < -0.39 is 11.9 Å². The van der Waals surface area contributed by atoms with E-state index in [1.54, 1.807) is 17.0 Å². The normalized spacial score (nSPS) is 15.4. The molecule has 1 saturated heterocycles. The zero-order valence-electron chi connectivity index (χ0n) is 16.3. The molecule has 0 saturated carbocycles. The van der Waals surface area contributed by atoms with E-state index in [4.69, 9.17) is 9.15 Å². The van der Waals surface area contributed by atoms with Crippen LogP contribution < -0.4 is 10.6 Å². The van der Waals surface area contributed by atoms with Gasteiger partial charge in [-0.3, -0.25) is 14.4 Å². The lowest BCUT2D eigenvalue weighted by molar-refractivity contribution is -0.136. The van der Waals surface area contributed by atoms with Crippen LogP contribution in [0.25, 0.3) is 6.08 Å². The van der Waals surface area contributed by atoms with Crippen molar-refractivity contribution >= 4 is 23.8 Å². The molecule has 1 aromatic rings. The first kappa shape index (κ1) is 21.7. The van der Waals surface area contributed by atoms with Crippen molar-refractivity contribution in [1.29, 1.82) is 0 Å². The van der Waals surface area contributed by atoms with E-state index in [1.165, 1.54) is 18.4 Å². The van der Waals surface area contributed by atoms with Crippen molar-refractivity contribution in [1.82, 2.24) is 15.5 Å². The van der Waals surface area contributed by atoms with E-state index in [1.807, 2.05) is 6.92 Å². The molecule has 0 aromatic carbocycles. The van der Waals surface area contributed by atoms with Gasteiger partial charge in [-0.2, -0.15) is 0 Å². The van der Waals surface area contributed by atoms with Crippen LogP contribution in [0, 0.1) is 0 Å². The Morgan fingerprint density at radius 2 is 2.07 bits per heavy atom. The number of ether oxygens (including phenoxy) is 1. The monoisotopic (exact) mass is 391 g/mol. The molecule has 2 N–H and O–H groups in total. The summed E-state index contributed by atoms with van der Waals surface area (Å²) in [6, 6.07) is 2.68. The summed E-state index contributed by atoms with van der Waals surface area (Å²) in [4.78, 5) is 38.7. The number of carbonyl (C=O) groups is 3. The van der Waals surface area contributed by atoms with Crippen molar-refractivity contribution in [2.24, 2.45) is 0 Å². The first-order chi connectivity index (χ1) is 13.6. The Hall–Kier alpha value is -2.61. The molecule has 0 radical (unpaired) electrons. The average molecular weight is 391 g/mol. The number of nitrogens with zero attached hydrogens (tertiary/aromatic N) is 1. The summed E-state index contributed by atoms with van der Waals surface area (Å²) in [6.07, 6.45) is 6.60. The minimum absolute atomic E-state index is 0.0324. The van der Waals surface area contributed by atoms with E-state index in [2.05, 4.69) is 10.6 Å². The summed E-state index contributed by atoms with van der Waals surface area (Å²) >= 11 is 0. The molecule has 1 aliphatic heterocycles. The number of morpholine rings is 1. The number of carbonyl (C=O) groups excluding carboxylic acids is 3. The van der Waals surface area contributed by atoms with Gasteiger partial charge in [0.05, 0.1) is 19.5 Å². The van der Waals surface area contributed by atoms with Crippen LogP contribution in [0.1, 0.15) is 38.4 Å². The Morgan fingerprint density at radius 1 is 1.29 bits per heavy atom. The second-order valence-corrected chi connectivity index (χ2v) is 6.59. The van der Waals surface area contributed by atoms with Gasteiger partial charge in [-0.25, -0.2) is 0 Å². The largest absolute Gasteiger partial charge is 0.465 e. The fourth-order valence-electron chi connectivity index (χ4n) is 2.78. The number of unbranched alkanes of at least 4 members (excludes halogenated alkanes) is 1. The second-order valence-electron chi connectivity index (χ2n) is 6.59. The van der Waals surface area contributed by atoms with Gasteiger partial charge in [-0.05, 0) is 31.1 Å².